The molecule has 5 N–H and O–H groups in total. The summed E-state index contributed by atoms with van der Waals surface area (Å²) in [5, 5.41) is 2.72. The summed E-state index contributed by atoms with van der Waals surface area (Å²) in [4.78, 5) is 56.6. The SMILES string of the molecule is CC.N/C(=N\C(=O)OCc1ccccc1)N(CCCC(N)C(=O)NC(Cc1ccccc1)C(=O)OCc1ccccc1)C(=O)OCc1ccccc1. The van der Waals surface area contributed by atoms with Crippen molar-refractivity contribution in [1.82, 2.24) is 10.2 Å². The lowest BCUT2D eigenvalue weighted by atomic mass is 10.0. The largest absolute Gasteiger partial charge is 0.459 e. The van der Waals surface area contributed by atoms with E-state index in [0.29, 0.717) is 0 Å². The van der Waals surface area contributed by atoms with Crippen molar-refractivity contribution in [2.24, 2.45) is 16.5 Å². The van der Waals surface area contributed by atoms with Crippen molar-refractivity contribution in [3.05, 3.63) is 144 Å². The molecule has 0 aromatic heterocycles. The molecule has 2 unspecified atom stereocenters. The summed E-state index contributed by atoms with van der Waals surface area (Å²) in [6.07, 6.45) is -1.38. The van der Waals surface area contributed by atoms with E-state index in [-0.39, 0.29) is 45.6 Å². The standard InChI is InChI=1S/C38H41N5O7.C2H6/c39-32(34(44)41-33(24-28-14-5-1-6-15-28)35(45)48-25-29-16-7-2-8-17-29)22-13-23-43(38(47)50-27-31-20-11-4-12-21-31)36(40)42-37(46)49-26-30-18-9-3-10-19-30;1-2/h1-12,14-21,32-33H,13,22-27,39H2,(H,41,44)(H2,40,42,46);1-2H3. The minimum atomic E-state index is -1.05. The highest BCUT2D eigenvalue weighted by Gasteiger charge is 2.27. The Hall–Kier alpha value is -6.01. The molecule has 52 heavy (non-hydrogen) atoms. The number of aliphatic imine (C=N–C) groups is 1. The predicted octanol–water partition coefficient (Wildman–Crippen LogP) is 5.88. The van der Waals surface area contributed by atoms with Gasteiger partial charge in [-0.1, -0.05) is 135 Å². The van der Waals surface area contributed by atoms with Gasteiger partial charge in [0.25, 0.3) is 0 Å². The molecule has 4 aromatic rings. The van der Waals surface area contributed by atoms with Crippen molar-refractivity contribution in [2.75, 3.05) is 6.54 Å². The first-order valence-electron chi connectivity index (χ1n) is 17.1. The van der Waals surface area contributed by atoms with Gasteiger partial charge in [0.2, 0.25) is 11.9 Å². The van der Waals surface area contributed by atoms with Gasteiger partial charge in [0.15, 0.2) is 0 Å². The number of amides is 3. The molecule has 2 atom stereocenters. The Labute approximate surface area is 304 Å². The van der Waals surface area contributed by atoms with Gasteiger partial charge in [0.05, 0.1) is 6.04 Å². The molecule has 0 spiro atoms. The number of guanidine groups is 1. The van der Waals surface area contributed by atoms with Crippen molar-refractivity contribution < 1.29 is 33.4 Å². The number of nitrogens with zero attached hydrogens (tertiary/aromatic N) is 2. The molecule has 4 aromatic carbocycles. The number of hydrogen-bond acceptors (Lipinski definition) is 8. The first-order valence-corrected chi connectivity index (χ1v) is 17.1. The Balaban J connectivity index is 0.00000358. The molecule has 0 aliphatic heterocycles. The normalized spacial score (nSPS) is 11.9. The van der Waals surface area contributed by atoms with Gasteiger partial charge in [-0.3, -0.25) is 4.79 Å². The third kappa shape index (κ3) is 14.5. The molecular formula is C40H47N5O7. The van der Waals surface area contributed by atoms with Gasteiger partial charge < -0.3 is 31.0 Å². The Bertz CT molecular complexity index is 1690. The smallest absolute Gasteiger partial charge is 0.437 e. The quantitative estimate of drug-likeness (QED) is 0.0589. The highest BCUT2D eigenvalue weighted by Crippen LogP contribution is 2.10. The highest BCUT2D eigenvalue weighted by molar-refractivity contribution is 5.98. The van der Waals surface area contributed by atoms with E-state index in [2.05, 4.69) is 10.3 Å². The van der Waals surface area contributed by atoms with E-state index in [1.807, 2.05) is 86.6 Å². The lowest BCUT2D eigenvalue weighted by Crippen LogP contribution is -2.50. The van der Waals surface area contributed by atoms with E-state index < -0.39 is 42.1 Å². The Morgan fingerprint density at radius 2 is 1.12 bits per heavy atom. The second-order valence-electron chi connectivity index (χ2n) is 11.3. The van der Waals surface area contributed by atoms with Crippen molar-refractivity contribution in [1.29, 1.82) is 0 Å². The molecule has 0 heterocycles. The average Bonchev–Trinajstić information content (AvgIpc) is 3.18. The van der Waals surface area contributed by atoms with E-state index in [1.165, 1.54) is 0 Å². The monoisotopic (exact) mass is 709 g/mol. The number of esters is 1. The van der Waals surface area contributed by atoms with Gasteiger partial charge in [0.1, 0.15) is 25.9 Å². The molecule has 274 valence electrons. The van der Waals surface area contributed by atoms with Crippen LogP contribution in [0.25, 0.3) is 0 Å². The maximum absolute atomic E-state index is 13.2. The number of nitrogens with two attached hydrogens (primary N) is 2. The summed E-state index contributed by atoms with van der Waals surface area (Å²) in [7, 11) is 0. The summed E-state index contributed by atoms with van der Waals surface area (Å²) in [5.74, 6) is -1.62. The number of nitrogens with one attached hydrogen (secondary N) is 1. The molecule has 0 saturated heterocycles. The molecule has 4 rings (SSSR count). The van der Waals surface area contributed by atoms with E-state index >= 15 is 0 Å². The van der Waals surface area contributed by atoms with Crippen LogP contribution in [0, 0.1) is 0 Å². The fourth-order valence-electron chi connectivity index (χ4n) is 4.75. The molecule has 0 fully saturated rings. The fourth-order valence-corrected chi connectivity index (χ4v) is 4.75. The number of hydrogen-bond donors (Lipinski definition) is 3. The molecular weight excluding hydrogens is 662 g/mol. The highest BCUT2D eigenvalue weighted by atomic mass is 16.6. The van der Waals surface area contributed by atoms with E-state index in [9.17, 15) is 19.2 Å². The minimum absolute atomic E-state index is 0.0378. The van der Waals surface area contributed by atoms with Gasteiger partial charge in [-0.25, -0.2) is 19.3 Å². The molecule has 12 heteroatoms. The van der Waals surface area contributed by atoms with Gasteiger partial charge in [-0.05, 0) is 35.1 Å². The fraction of sp³-hybridized carbons (Fsp3) is 0.275. The van der Waals surface area contributed by atoms with E-state index in [1.54, 1.807) is 48.5 Å². The third-order valence-electron chi connectivity index (χ3n) is 7.45. The first-order chi connectivity index (χ1) is 25.3. The molecule has 3 amide bonds. The molecule has 0 saturated carbocycles. The summed E-state index contributed by atoms with van der Waals surface area (Å²) in [6.45, 7) is 3.88. The molecule has 0 aliphatic rings. The number of ether oxygens (including phenoxy) is 3. The summed E-state index contributed by atoms with van der Waals surface area (Å²) in [5.41, 5.74) is 15.4. The van der Waals surface area contributed by atoms with Crippen molar-refractivity contribution in [3.8, 4) is 0 Å². The van der Waals surface area contributed by atoms with Crippen LogP contribution in [-0.4, -0.2) is 53.6 Å². The second-order valence-corrected chi connectivity index (χ2v) is 11.3. The molecule has 0 radical (unpaired) electrons. The Morgan fingerprint density at radius 1 is 0.673 bits per heavy atom. The predicted molar refractivity (Wildman–Crippen MR) is 198 cm³/mol. The van der Waals surface area contributed by atoms with E-state index in [4.69, 9.17) is 25.7 Å². The van der Waals surface area contributed by atoms with Gasteiger partial charge in [-0.2, -0.15) is 0 Å². The maximum Gasteiger partial charge on any atom is 0.437 e. The summed E-state index contributed by atoms with van der Waals surface area (Å²) < 4.78 is 16.1. The van der Waals surface area contributed by atoms with Crippen LogP contribution in [0.3, 0.4) is 0 Å². The molecule has 12 nitrogen and oxygen atoms in total. The zero-order valence-electron chi connectivity index (χ0n) is 29.6. The topological polar surface area (TPSA) is 176 Å². The van der Waals surface area contributed by atoms with Gasteiger partial charge >= 0.3 is 18.2 Å². The first kappa shape index (κ1) is 40.4. The lowest BCUT2D eigenvalue weighted by molar-refractivity contribution is -0.149. The number of rotatable bonds is 15. The minimum Gasteiger partial charge on any atom is -0.459 e. The van der Waals surface area contributed by atoms with Gasteiger partial charge in [0, 0.05) is 13.0 Å². The lowest BCUT2D eigenvalue weighted by Gasteiger charge is -2.23. The van der Waals surface area contributed by atoms with Crippen LogP contribution in [0.4, 0.5) is 9.59 Å². The Kier molecular flexibility index (Phi) is 17.6. The second kappa shape index (κ2) is 22.7. The third-order valence-corrected chi connectivity index (χ3v) is 7.45. The van der Waals surface area contributed by atoms with Crippen LogP contribution in [0.15, 0.2) is 126 Å². The maximum atomic E-state index is 13.2. The van der Waals surface area contributed by atoms with Crippen LogP contribution >= 0.6 is 0 Å². The molecule has 0 bridgehead atoms. The van der Waals surface area contributed by atoms with E-state index in [0.717, 1.165) is 27.2 Å². The van der Waals surface area contributed by atoms with Crippen LogP contribution < -0.4 is 16.8 Å². The average molecular weight is 710 g/mol. The summed E-state index contributed by atoms with van der Waals surface area (Å²) >= 11 is 0. The molecule has 0 aliphatic carbocycles. The zero-order valence-corrected chi connectivity index (χ0v) is 29.6. The number of carbonyl (C=O) groups excluding carboxylic acids is 4. The van der Waals surface area contributed by atoms with Crippen LogP contribution in [0.1, 0.15) is 48.9 Å². The van der Waals surface area contributed by atoms with Gasteiger partial charge in [-0.15, -0.1) is 4.99 Å². The number of benzene rings is 4. The van der Waals surface area contributed by atoms with Crippen molar-refractivity contribution in [2.45, 2.75) is 65.0 Å². The van der Waals surface area contributed by atoms with Crippen molar-refractivity contribution >= 4 is 30.0 Å². The number of carbonyl (C=O) groups is 4. The zero-order chi connectivity index (χ0) is 37.6. The van der Waals surface area contributed by atoms with Crippen LogP contribution in [-0.2, 0) is 50.0 Å². The van der Waals surface area contributed by atoms with Crippen molar-refractivity contribution in [3.63, 3.8) is 0 Å². The van der Waals surface area contributed by atoms with Crippen LogP contribution in [0.5, 0.6) is 0 Å². The van der Waals surface area contributed by atoms with Crippen LogP contribution in [0.2, 0.25) is 0 Å². The Morgan fingerprint density at radius 3 is 1.62 bits per heavy atom. The summed E-state index contributed by atoms with van der Waals surface area (Å²) in [6, 6.07) is 34.4.